The number of hydrogen-bond donors (Lipinski definition) is 1. The molecule has 0 bridgehead atoms. The van der Waals surface area contributed by atoms with Gasteiger partial charge in [0.15, 0.2) is 0 Å². The second-order valence-electron chi connectivity index (χ2n) is 3.96. The van der Waals surface area contributed by atoms with E-state index in [1.54, 1.807) is 12.3 Å². The van der Waals surface area contributed by atoms with E-state index in [0.29, 0.717) is 6.54 Å². The van der Waals surface area contributed by atoms with Crippen molar-refractivity contribution < 1.29 is 0 Å². The summed E-state index contributed by atoms with van der Waals surface area (Å²) in [7, 11) is 0. The zero-order valence-electron chi connectivity index (χ0n) is 10.3. The van der Waals surface area contributed by atoms with Crippen LogP contribution in [0.15, 0.2) is 41.3 Å². The Kier molecular flexibility index (Phi) is 4.06. The van der Waals surface area contributed by atoms with Crippen LogP contribution in [0.1, 0.15) is 19.0 Å². The lowest BCUT2D eigenvalue weighted by molar-refractivity contribution is 0.628. The van der Waals surface area contributed by atoms with Gasteiger partial charge in [-0.1, -0.05) is 13.0 Å². The normalized spacial score (nSPS) is 10.3. The molecule has 0 amide bonds. The van der Waals surface area contributed by atoms with Gasteiger partial charge in [-0.25, -0.2) is 9.67 Å². The molecular formula is C13H16N4O. The molecule has 0 saturated heterocycles. The molecule has 0 aliphatic carbocycles. The van der Waals surface area contributed by atoms with Crippen molar-refractivity contribution in [1.29, 1.82) is 0 Å². The number of anilines is 1. The molecule has 94 valence electrons. The van der Waals surface area contributed by atoms with E-state index in [-0.39, 0.29) is 5.56 Å². The van der Waals surface area contributed by atoms with Gasteiger partial charge in [0.2, 0.25) is 0 Å². The van der Waals surface area contributed by atoms with Crippen LogP contribution in [0.2, 0.25) is 0 Å². The lowest BCUT2D eigenvalue weighted by Gasteiger charge is -2.07. The fourth-order valence-corrected chi connectivity index (χ4v) is 1.58. The maximum absolute atomic E-state index is 11.5. The summed E-state index contributed by atoms with van der Waals surface area (Å²) < 4.78 is 1.39. The van der Waals surface area contributed by atoms with E-state index in [1.807, 2.05) is 18.2 Å². The van der Waals surface area contributed by atoms with Crippen molar-refractivity contribution in [3.05, 3.63) is 52.6 Å². The molecule has 0 atom stereocenters. The van der Waals surface area contributed by atoms with Crippen LogP contribution >= 0.6 is 0 Å². The molecule has 0 radical (unpaired) electrons. The first-order valence-corrected chi connectivity index (χ1v) is 6.01. The summed E-state index contributed by atoms with van der Waals surface area (Å²) in [5.41, 5.74) is 0.697. The molecule has 2 aromatic rings. The molecule has 0 unspecified atom stereocenters. The topological polar surface area (TPSA) is 59.8 Å². The number of aromatic nitrogens is 3. The third kappa shape index (κ3) is 3.16. The number of rotatable bonds is 5. The summed E-state index contributed by atoms with van der Waals surface area (Å²) in [5, 5.41) is 7.23. The van der Waals surface area contributed by atoms with Crippen molar-refractivity contribution in [3.63, 3.8) is 0 Å². The first-order chi connectivity index (χ1) is 8.79. The van der Waals surface area contributed by atoms with Gasteiger partial charge in [-0.2, -0.15) is 5.10 Å². The third-order valence-corrected chi connectivity index (χ3v) is 2.46. The Hall–Kier alpha value is -2.17. The van der Waals surface area contributed by atoms with Gasteiger partial charge in [0, 0.05) is 18.8 Å². The van der Waals surface area contributed by atoms with Crippen LogP contribution < -0.4 is 10.9 Å². The molecule has 2 aromatic heterocycles. The molecule has 0 saturated carbocycles. The molecule has 18 heavy (non-hydrogen) atoms. The minimum absolute atomic E-state index is 0.119. The number of hydrogen-bond acceptors (Lipinski definition) is 4. The predicted molar refractivity (Wildman–Crippen MR) is 70.6 cm³/mol. The van der Waals surface area contributed by atoms with Gasteiger partial charge in [-0.05, 0) is 24.6 Å². The van der Waals surface area contributed by atoms with Crippen molar-refractivity contribution in [2.24, 2.45) is 0 Å². The maximum atomic E-state index is 11.5. The highest BCUT2D eigenvalue weighted by molar-refractivity contribution is 5.35. The highest BCUT2D eigenvalue weighted by atomic mass is 16.1. The van der Waals surface area contributed by atoms with E-state index >= 15 is 0 Å². The van der Waals surface area contributed by atoms with Crippen LogP contribution in [0.25, 0.3) is 0 Å². The summed E-state index contributed by atoms with van der Waals surface area (Å²) in [6, 6.07) is 8.85. The zero-order valence-corrected chi connectivity index (χ0v) is 10.3. The lowest BCUT2D eigenvalue weighted by atomic mass is 10.3. The fourth-order valence-electron chi connectivity index (χ4n) is 1.58. The predicted octanol–water partition coefficient (Wildman–Crippen LogP) is 1.51. The monoisotopic (exact) mass is 244 g/mol. The molecule has 5 heteroatoms. The van der Waals surface area contributed by atoms with Crippen LogP contribution in [-0.4, -0.2) is 21.3 Å². The van der Waals surface area contributed by atoms with Crippen LogP contribution in [0.4, 0.5) is 5.82 Å². The Morgan fingerprint density at radius 3 is 2.94 bits per heavy atom. The second kappa shape index (κ2) is 5.95. The van der Waals surface area contributed by atoms with Crippen molar-refractivity contribution >= 4 is 5.82 Å². The zero-order chi connectivity index (χ0) is 12.8. The Bertz CT molecular complexity index is 565. The largest absolute Gasteiger partial charge is 0.370 e. The molecule has 5 nitrogen and oxygen atoms in total. The lowest BCUT2D eigenvalue weighted by Crippen LogP contribution is -2.22. The minimum atomic E-state index is -0.119. The smallest absolute Gasteiger partial charge is 0.267 e. The highest BCUT2D eigenvalue weighted by Gasteiger charge is 2.00. The molecule has 0 spiro atoms. The van der Waals surface area contributed by atoms with E-state index in [4.69, 9.17) is 0 Å². The second-order valence-corrected chi connectivity index (χ2v) is 3.96. The van der Waals surface area contributed by atoms with E-state index in [2.05, 4.69) is 22.3 Å². The van der Waals surface area contributed by atoms with Gasteiger partial charge in [0.1, 0.15) is 5.82 Å². The quantitative estimate of drug-likeness (QED) is 0.866. The molecular weight excluding hydrogens is 228 g/mol. The summed E-state index contributed by atoms with van der Waals surface area (Å²) >= 11 is 0. The van der Waals surface area contributed by atoms with Gasteiger partial charge < -0.3 is 5.32 Å². The summed E-state index contributed by atoms with van der Waals surface area (Å²) in [6.07, 6.45) is 2.65. The van der Waals surface area contributed by atoms with E-state index in [0.717, 1.165) is 24.5 Å². The van der Waals surface area contributed by atoms with Gasteiger partial charge >= 0.3 is 0 Å². The number of pyridine rings is 1. The van der Waals surface area contributed by atoms with Crippen LogP contribution in [-0.2, 0) is 6.54 Å². The Morgan fingerprint density at radius 2 is 2.17 bits per heavy atom. The molecule has 2 heterocycles. The summed E-state index contributed by atoms with van der Waals surface area (Å²) in [4.78, 5) is 16.0. The number of nitrogens with zero attached hydrogens (tertiary/aromatic N) is 3. The van der Waals surface area contributed by atoms with E-state index < -0.39 is 0 Å². The van der Waals surface area contributed by atoms with E-state index in [1.165, 1.54) is 10.7 Å². The average molecular weight is 244 g/mol. The van der Waals surface area contributed by atoms with Gasteiger partial charge in [-0.3, -0.25) is 4.79 Å². The van der Waals surface area contributed by atoms with Gasteiger partial charge in [0.25, 0.3) is 5.56 Å². The Balaban J connectivity index is 2.14. The van der Waals surface area contributed by atoms with Crippen molar-refractivity contribution in [1.82, 2.24) is 14.8 Å². The van der Waals surface area contributed by atoms with Gasteiger partial charge in [-0.15, -0.1) is 0 Å². The molecule has 0 fully saturated rings. The molecule has 0 aliphatic heterocycles. The summed E-state index contributed by atoms with van der Waals surface area (Å²) in [5.74, 6) is 0.832. The van der Waals surface area contributed by atoms with Crippen molar-refractivity contribution in [3.8, 4) is 0 Å². The fraction of sp³-hybridized carbons (Fsp3) is 0.308. The Morgan fingerprint density at radius 1 is 1.28 bits per heavy atom. The van der Waals surface area contributed by atoms with Crippen LogP contribution in [0.3, 0.4) is 0 Å². The first kappa shape index (κ1) is 12.3. The van der Waals surface area contributed by atoms with Crippen LogP contribution in [0.5, 0.6) is 0 Å². The SMILES string of the molecule is CCCNc1cccc(Cn2ncccc2=O)n1. The molecule has 0 aromatic carbocycles. The van der Waals surface area contributed by atoms with Gasteiger partial charge in [0.05, 0.1) is 12.2 Å². The van der Waals surface area contributed by atoms with Crippen molar-refractivity contribution in [2.75, 3.05) is 11.9 Å². The minimum Gasteiger partial charge on any atom is -0.370 e. The standard InChI is InChI=1S/C13H16N4O/c1-2-8-14-12-6-3-5-11(16-12)10-17-13(18)7-4-9-15-17/h3-7,9H,2,8,10H2,1H3,(H,14,16). The van der Waals surface area contributed by atoms with Crippen LogP contribution in [0, 0.1) is 0 Å². The first-order valence-electron chi connectivity index (χ1n) is 6.01. The number of nitrogens with one attached hydrogen (secondary N) is 1. The molecule has 2 rings (SSSR count). The molecule has 0 aliphatic rings. The Labute approximate surface area is 105 Å². The van der Waals surface area contributed by atoms with Crippen molar-refractivity contribution in [2.45, 2.75) is 19.9 Å². The highest BCUT2D eigenvalue weighted by Crippen LogP contribution is 2.05. The van der Waals surface area contributed by atoms with E-state index in [9.17, 15) is 4.79 Å². The average Bonchev–Trinajstić information content (AvgIpc) is 2.40. The molecule has 1 N–H and O–H groups in total. The third-order valence-electron chi connectivity index (χ3n) is 2.46. The maximum Gasteiger partial charge on any atom is 0.267 e. The summed E-state index contributed by atoms with van der Waals surface area (Å²) in [6.45, 7) is 3.38.